The fourth-order valence-electron chi connectivity index (χ4n) is 1.91. The number of hydrogen-bond acceptors (Lipinski definition) is 5. The molecule has 0 bridgehead atoms. The van der Waals surface area contributed by atoms with Gasteiger partial charge in [0.1, 0.15) is 5.76 Å². The fraction of sp³-hybridized carbons (Fsp3) is 0.143. The Bertz CT molecular complexity index is 734. The molecule has 2 heterocycles. The van der Waals surface area contributed by atoms with E-state index in [0.29, 0.717) is 17.1 Å². The molecule has 0 saturated carbocycles. The van der Waals surface area contributed by atoms with Gasteiger partial charge >= 0.3 is 0 Å². The van der Waals surface area contributed by atoms with Crippen molar-refractivity contribution in [1.82, 2.24) is 10.2 Å². The third kappa shape index (κ3) is 3.19. The monoisotopic (exact) mass is 411 g/mol. The van der Waals surface area contributed by atoms with Crippen LogP contribution in [0, 0.1) is 6.92 Å². The molecule has 0 unspecified atom stereocenters. The molecule has 0 aliphatic carbocycles. The minimum Gasteiger partial charge on any atom is -0.451 e. The van der Waals surface area contributed by atoms with Gasteiger partial charge in [-0.15, -0.1) is 10.2 Å². The Balaban J connectivity index is 1.80. The van der Waals surface area contributed by atoms with Crippen LogP contribution in [-0.2, 0) is 6.54 Å². The van der Waals surface area contributed by atoms with E-state index in [1.165, 1.54) is 6.39 Å². The van der Waals surface area contributed by atoms with Crippen molar-refractivity contribution < 1.29 is 8.83 Å². The van der Waals surface area contributed by atoms with Gasteiger partial charge in [-0.2, -0.15) is 0 Å². The molecule has 0 radical (unpaired) electrons. The number of hydrogen-bond donors (Lipinski definition) is 1. The Morgan fingerprint density at radius 3 is 2.76 bits per heavy atom. The molecule has 0 atom stereocenters. The van der Waals surface area contributed by atoms with Crippen LogP contribution in [0.2, 0.25) is 0 Å². The molecule has 21 heavy (non-hydrogen) atoms. The number of aromatic nitrogens is 2. The largest absolute Gasteiger partial charge is 0.451 e. The van der Waals surface area contributed by atoms with E-state index in [0.717, 1.165) is 27.0 Å². The van der Waals surface area contributed by atoms with Crippen molar-refractivity contribution in [2.45, 2.75) is 13.5 Å². The van der Waals surface area contributed by atoms with Gasteiger partial charge in [-0.3, -0.25) is 0 Å². The van der Waals surface area contributed by atoms with Crippen LogP contribution >= 0.6 is 31.9 Å². The van der Waals surface area contributed by atoms with E-state index in [9.17, 15) is 0 Å². The summed E-state index contributed by atoms with van der Waals surface area (Å²) in [7, 11) is 0. The molecule has 108 valence electrons. The van der Waals surface area contributed by atoms with Crippen LogP contribution in [-0.4, -0.2) is 10.2 Å². The lowest BCUT2D eigenvalue weighted by Crippen LogP contribution is -2.00. The third-order valence-corrected chi connectivity index (χ3v) is 4.70. The number of halogens is 2. The molecular weight excluding hydrogens is 402 g/mol. The maximum atomic E-state index is 5.54. The maximum Gasteiger partial charge on any atom is 0.247 e. The Morgan fingerprint density at radius 1 is 1.24 bits per heavy atom. The average molecular weight is 413 g/mol. The lowest BCUT2D eigenvalue weighted by atomic mass is 10.1. The highest BCUT2D eigenvalue weighted by Crippen LogP contribution is 2.28. The molecule has 0 aliphatic rings. The molecule has 1 aromatic carbocycles. The van der Waals surface area contributed by atoms with Crippen molar-refractivity contribution in [2.75, 3.05) is 5.32 Å². The number of nitrogens with zero attached hydrogens (tertiary/aromatic N) is 2. The van der Waals surface area contributed by atoms with E-state index in [4.69, 9.17) is 8.83 Å². The second-order valence-electron chi connectivity index (χ2n) is 4.46. The smallest absolute Gasteiger partial charge is 0.247 e. The maximum absolute atomic E-state index is 5.54. The minimum absolute atomic E-state index is 0.501. The Morgan fingerprint density at radius 2 is 2.10 bits per heavy atom. The van der Waals surface area contributed by atoms with Crippen LogP contribution in [0.4, 0.5) is 5.69 Å². The zero-order chi connectivity index (χ0) is 14.8. The summed E-state index contributed by atoms with van der Waals surface area (Å²) in [4.78, 5) is 0. The Kier molecular flexibility index (Phi) is 4.12. The first-order valence-corrected chi connectivity index (χ1v) is 7.77. The van der Waals surface area contributed by atoms with Crippen molar-refractivity contribution in [3.63, 3.8) is 0 Å². The first kappa shape index (κ1) is 14.3. The van der Waals surface area contributed by atoms with Gasteiger partial charge in [-0.25, -0.2) is 0 Å². The third-order valence-electron chi connectivity index (χ3n) is 2.99. The van der Waals surface area contributed by atoms with Crippen LogP contribution in [0.5, 0.6) is 0 Å². The van der Waals surface area contributed by atoms with Crippen molar-refractivity contribution >= 4 is 37.5 Å². The normalized spacial score (nSPS) is 10.8. The highest BCUT2D eigenvalue weighted by atomic mass is 79.9. The summed E-state index contributed by atoms with van der Waals surface area (Å²) in [6.07, 6.45) is 1.32. The van der Waals surface area contributed by atoms with Crippen molar-refractivity contribution in [3.05, 3.63) is 51.1 Å². The van der Waals surface area contributed by atoms with E-state index in [1.807, 2.05) is 31.2 Å². The van der Waals surface area contributed by atoms with Crippen LogP contribution in [0.1, 0.15) is 11.3 Å². The van der Waals surface area contributed by atoms with Gasteiger partial charge in [-0.05, 0) is 62.5 Å². The van der Waals surface area contributed by atoms with Crippen molar-refractivity contribution in [1.29, 1.82) is 0 Å². The molecule has 2 aromatic heterocycles. The van der Waals surface area contributed by atoms with E-state index in [-0.39, 0.29) is 0 Å². The van der Waals surface area contributed by atoms with Gasteiger partial charge in [0.2, 0.25) is 12.3 Å². The number of anilines is 1. The molecule has 0 amide bonds. The van der Waals surface area contributed by atoms with Gasteiger partial charge in [0, 0.05) is 11.3 Å². The SMILES string of the molecule is Cc1ccc(-c2nnco2)cc1NCc1cc(Br)c(Br)o1. The summed E-state index contributed by atoms with van der Waals surface area (Å²) in [6.45, 7) is 2.62. The molecule has 0 saturated heterocycles. The second-order valence-corrected chi connectivity index (χ2v) is 6.04. The first-order chi connectivity index (χ1) is 10.1. The lowest BCUT2D eigenvalue weighted by molar-refractivity contribution is 0.494. The number of nitrogens with one attached hydrogen (secondary N) is 1. The standard InChI is InChI=1S/C14H11Br2N3O2/c1-8-2-3-9(14-19-18-7-20-14)4-12(8)17-6-10-5-11(15)13(16)21-10/h2-5,7,17H,6H2,1H3. The quantitative estimate of drug-likeness (QED) is 0.668. The molecular formula is C14H11Br2N3O2. The molecule has 3 aromatic rings. The summed E-state index contributed by atoms with van der Waals surface area (Å²) in [5, 5.41) is 11.0. The number of rotatable bonds is 4. The number of aryl methyl sites for hydroxylation is 1. The van der Waals surface area contributed by atoms with Crippen LogP contribution in [0.25, 0.3) is 11.5 Å². The van der Waals surface area contributed by atoms with Crippen LogP contribution in [0.3, 0.4) is 0 Å². The van der Waals surface area contributed by atoms with Crippen LogP contribution < -0.4 is 5.32 Å². The molecule has 0 aliphatic heterocycles. The van der Waals surface area contributed by atoms with Gasteiger partial charge in [0.25, 0.3) is 0 Å². The zero-order valence-electron chi connectivity index (χ0n) is 11.1. The molecule has 3 rings (SSSR count). The summed E-state index contributed by atoms with van der Waals surface area (Å²) < 4.78 is 12.3. The average Bonchev–Trinajstić information content (AvgIpc) is 3.09. The van der Waals surface area contributed by atoms with Crippen molar-refractivity contribution in [2.24, 2.45) is 0 Å². The van der Waals surface area contributed by atoms with Gasteiger partial charge in [-0.1, -0.05) is 6.07 Å². The van der Waals surface area contributed by atoms with Gasteiger partial charge in [0.05, 0.1) is 11.0 Å². The van der Waals surface area contributed by atoms with E-state index in [2.05, 4.69) is 47.4 Å². The van der Waals surface area contributed by atoms with E-state index in [1.54, 1.807) is 0 Å². The Labute approximate surface area is 138 Å². The fourth-order valence-corrected chi connectivity index (χ4v) is 2.56. The van der Waals surface area contributed by atoms with Crippen LogP contribution in [0.15, 0.2) is 48.6 Å². The number of benzene rings is 1. The highest BCUT2D eigenvalue weighted by molar-refractivity contribution is 9.13. The summed E-state index contributed by atoms with van der Waals surface area (Å²) in [5.41, 5.74) is 3.00. The summed E-state index contributed by atoms with van der Waals surface area (Å²) in [5.74, 6) is 1.33. The highest BCUT2D eigenvalue weighted by Gasteiger charge is 2.09. The molecule has 5 nitrogen and oxygen atoms in total. The number of furan rings is 1. The van der Waals surface area contributed by atoms with Crippen molar-refractivity contribution in [3.8, 4) is 11.5 Å². The topological polar surface area (TPSA) is 64.1 Å². The van der Waals surface area contributed by atoms with Gasteiger partial charge < -0.3 is 14.2 Å². The molecule has 0 spiro atoms. The van der Waals surface area contributed by atoms with E-state index >= 15 is 0 Å². The molecule has 0 fully saturated rings. The molecule has 1 N–H and O–H groups in total. The Hall–Kier alpha value is -1.60. The minimum atomic E-state index is 0.501. The summed E-state index contributed by atoms with van der Waals surface area (Å²) >= 11 is 6.72. The first-order valence-electron chi connectivity index (χ1n) is 6.18. The zero-order valence-corrected chi connectivity index (χ0v) is 14.2. The van der Waals surface area contributed by atoms with Gasteiger partial charge in [0.15, 0.2) is 4.67 Å². The predicted octanol–water partition coefficient (Wildman–Crippen LogP) is 4.78. The second kappa shape index (κ2) is 6.03. The lowest BCUT2D eigenvalue weighted by Gasteiger charge is -2.09. The molecule has 7 heteroatoms. The van der Waals surface area contributed by atoms with E-state index < -0.39 is 0 Å². The summed E-state index contributed by atoms with van der Waals surface area (Å²) in [6, 6.07) is 7.87. The predicted molar refractivity (Wildman–Crippen MR) is 85.9 cm³/mol.